The smallest absolute Gasteiger partial charge is 0.431 e. The lowest BCUT2D eigenvalue weighted by Gasteiger charge is -2.17. The minimum atomic E-state index is -5.00. The maximum atomic E-state index is 14.8. The van der Waals surface area contributed by atoms with E-state index >= 15 is 0 Å². The van der Waals surface area contributed by atoms with Crippen molar-refractivity contribution in [2.24, 2.45) is 7.05 Å². The zero-order valence-electron chi connectivity index (χ0n) is 19.5. The second-order valence-electron chi connectivity index (χ2n) is 7.52. The average molecular weight is 547 g/mol. The largest absolute Gasteiger partial charge is 0.451 e. The van der Waals surface area contributed by atoms with Gasteiger partial charge in [0.2, 0.25) is 5.75 Å². The molecule has 0 aliphatic rings. The van der Waals surface area contributed by atoms with Gasteiger partial charge < -0.3 is 9.47 Å². The van der Waals surface area contributed by atoms with E-state index in [9.17, 15) is 31.9 Å². The van der Waals surface area contributed by atoms with E-state index in [-0.39, 0.29) is 50.5 Å². The Morgan fingerprint density at radius 2 is 1.81 bits per heavy atom. The molecule has 3 aromatic rings. The van der Waals surface area contributed by atoms with Gasteiger partial charge in [-0.25, -0.2) is 18.5 Å². The molecule has 0 aliphatic heterocycles. The summed E-state index contributed by atoms with van der Waals surface area (Å²) in [7, 11) is 2.25. The molecule has 1 aromatic heterocycles. The van der Waals surface area contributed by atoms with Gasteiger partial charge in [0.25, 0.3) is 5.56 Å². The van der Waals surface area contributed by atoms with Crippen molar-refractivity contribution in [3.63, 3.8) is 0 Å². The van der Waals surface area contributed by atoms with Crippen LogP contribution in [0.2, 0.25) is 5.02 Å². The summed E-state index contributed by atoms with van der Waals surface area (Å²) in [5, 5.41) is -0.307. The van der Waals surface area contributed by atoms with Gasteiger partial charge >= 0.3 is 17.8 Å². The second kappa shape index (κ2) is 11.0. The van der Waals surface area contributed by atoms with Gasteiger partial charge in [-0.05, 0) is 18.6 Å². The highest BCUT2D eigenvalue weighted by Gasteiger charge is 2.35. The third kappa shape index (κ3) is 6.12. The molecule has 0 aliphatic carbocycles. The topological polar surface area (TPSA) is 98.0 Å². The van der Waals surface area contributed by atoms with Crippen molar-refractivity contribution < 1.29 is 41.6 Å². The molecule has 0 spiro atoms. The Labute approximate surface area is 211 Å². The van der Waals surface area contributed by atoms with Gasteiger partial charge in [0.1, 0.15) is 17.3 Å². The lowest BCUT2D eigenvalue weighted by Crippen LogP contribution is -2.41. The van der Waals surface area contributed by atoms with E-state index in [1.54, 1.807) is 12.1 Å². The van der Waals surface area contributed by atoms with Crippen LogP contribution in [0.4, 0.5) is 17.6 Å². The van der Waals surface area contributed by atoms with Crippen molar-refractivity contribution in [3.8, 4) is 22.9 Å². The molecule has 9 nitrogen and oxygen atoms in total. The summed E-state index contributed by atoms with van der Waals surface area (Å²) >= 11 is 6.14. The van der Waals surface area contributed by atoms with Crippen LogP contribution < -0.4 is 20.9 Å². The van der Waals surface area contributed by atoms with E-state index in [4.69, 9.17) is 26.0 Å². The van der Waals surface area contributed by atoms with Crippen LogP contribution in [-0.4, -0.2) is 28.8 Å². The van der Waals surface area contributed by atoms with Crippen molar-refractivity contribution in [1.29, 1.82) is 0 Å². The summed E-state index contributed by atoms with van der Waals surface area (Å²) in [5.74, 6) is -2.33. The van der Waals surface area contributed by atoms with Crippen LogP contribution in [0.15, 0.2) is 46.0 Å². The summed E-state index contributed by atoms with van der Waals surface area (Å²) in [4.78, 5) is 45.9. The third-order valence-electron chi connectivity index (χ3n) is 4.95. The Morgan fingerprint density at radius 1 is 1.11 bits per heavy atom. The number of carbonyl (C=O) groups is 1. The Bertz CT molecular complexity index is 1450. The zero-order chi connectivity index (χ0) is 27.5. The van der Waals surface area contributed by atoms with Crippen LogP contribution in [0, 0.1) is 5.82 Å². The lowest BCUT2D eigenvalue weighted by molar-refractivity contribution is -0.211. The number of halogens is 5. The van der Waals surface area contributed by atoms with Crippen molar-refractivity contribution >= 4 is 17.6 Å². The Balaban J connectivity index is 2.17. The molecule has 37 heavy (non-hydrogen) atoms. The molecule has 0 N–H and O–H groups in total. The van der Waals surface area contributed by atoms with Crippen LogP contribution in [0.25, 0.3) is 5.69 Å². The first kappa shape index (κ1) is 27.7. The normalized spacial score (nSPS) is 11.4. The Kier molecular flexibility index (Phi) is 8.28. The molecule has 0 saturated carbocycles. The summed E-state index contributed by atoms with van der Waals surface area (Å²) in [6.07, 6.45) is -4.71. The number of ether oxygens (including phenoxy) is 2. The molecule has 0 saturated heterocycles. The molecule has 0 radical (unpaired) electrons. The van der Waals surface area contributed by atoms with Gasteiger partial charge in [-0.3, -0.25) is 19.1 Å². The average Bonchev–Trinajstić information content (AvgIpc) is 2.81. The van der Waals surface area contributed by atoms with E-state index in [0.29, 0.717) is 5.56 Å². The van der Waals surface area contributed by atoms with E-state index in [0.717, 1.165) is 26.1 Å². The minimum absolute atomic E-state index is 0.0204. The van der Waals surface area contributed by atoms with Gasteiger partial charge in [-0.1, -0.05) is 23.7 Å². The van der Waals surface area contributed by atoms with E-state index in [1.807, 2.05) is 0 Å². The molecular weight excluding hydrogens is 528 g/mol. The highest BCUT2D eigenvalue weighted by Crippen LogP contribution is 2.39. The van der Waals surface area contributed by atoms with Crippen molar-refractivity contribution in [3.05, 3.63) is 79.3 Å². The Hall–Kier alpha value is -3.84. The lowest BCUT2D eigenvalue weighted by atomic mass is 10.1. The fourth-order valence-electron chi connectivity index (χ4n) is 3.25. The molecule has 198 valence electrons. The number of carbonyl (C=O) groups excluding carboxylic acids is 1. The van der Waals surface area contributed by atoms with Crippen molar-refractivity contribution in [2.75, 3.05) is 13.7 Å². The minimum Gasteiger partial charge on any atom is -0.451 e. The molecule has 1 heterocycles. The first-order chi connectivity index (χ1) is 17.3. The van der Waals surface area contributed by atoms with E-state index in [1.165, 1.54) is 13.2 Å². The fourth-order valence-corrected chi connectivity index (χ4v) is 3.44. The highest BCUT2D eigenvalue weighted by molar-refractivity contribution is 6.32. The van der Waals surface area contributed by atoms with Crippen LogP contribution in [-0.2, 0) is 34.1 Å². The van der Waals surface area contributed by atoms with Crippen molar-refractivity contribution in [2.45, 2.75) is 19.5 Å². The number of aromatic nitrogens is 2. The maximum Gasteiger partial charge on any atom is 0.431 e. The second-order valence-corrected chi connectivity index (χ2v) is 7.93. The van der Waals surface area contributed by atoms with E-state index in [2.05, 4.69) is 4.89 Å². The summed E-state index contributed by atoms with van der Waals surface area (Å²) in [6.45, 7) is 1.34. The number of para-hydroxylation sites is 1. The predicted octanol–water partition coefficient (Wildman–Crippen LogP) is 4.19. The summed E-state index contributed by atoms with van der Waals surface area (Å²) < 4.78 is 65.7. The maximum absolute atomic E-state index is 14.8. The quantitative estimate of drug-likeness (QED) is 0.237. The molecule has 14 heteroatoms. The number of alkyl halides is 3. The number of nitrogens with zero attached hydrogens (tertiary/aromatic N) is 2. The number of rotatable bonds is 8. The van der Waals surface area contributed by atoms with Gasteiger partial charge in [0.15, 0.2) is 5.75 Å². The highest BCUT2D eigenvalue weighted by atomic mass is 35.5. The monoisotopic (exact) mass is 546 g/mol. The SMILES string of the molecule is COCCc1cccc(OOC(C)=O)c1Oc1cc(-n2c(=O)cc(C(F)(F)F)n(C)c2=O)c(F)cc1Cl. The Morgan fingerprint density at radius 3 is 2.43 bits per heavy atom. The van der Waals surface area contributed by atoms with Crippen LogP contribution in [0.1, 0.15) is 18.2 Å². The van der Waals surface area contributed by atoms with Crippen LogP contribution in [0.3, 0.4) is 0 Å². The van der Waals surface area contributed by atoms with E-state index < -0.39 is 40.6 Å². The summed E-state index contributed by atoms with van der Waals surface area (Å²) in [6, 6.07) is 6.35. The number of hydrogen-bond donors (Lipinski definition) is 0. The van der Waals surface area contributed by atoms with Gasteiger partial charge in [-0.15, -0.1) is 0 Å². The molecule has 0 bridgehead atoms. The predicted molar refractivity (Wildman–Crippen MR) is 122 cm³/mol. The number of benzene rings is 2. The molecule has 0 fully saturated rings. The molecule has 0 amide bonds. The molecule has 0 unspecified atom stereocenters. The van der Waals surface area contributed by atoms with Gasteiger partial charge in [0.05, 0.1) is 17.3 Å². The first-order valence-electron chi connectivity index (χ1n) is 10.4. The molecule has 3 rings (SSSR count). The third-order valence-corrected chi connectivity index (χ3v) is 5.25. The molecule has 2 aromatic carbocycles. The standard InChI is InChI=1S/C23H19ClF4N2O7/c1-12(31)36-37-17-6-4-5-13(7-8-34-3)21(17)35-18-10-16(15(25)9-14(18)24)30-20(32)11-19(23(26,27)28)29(2)22(30)33/h4-6,9-11H,7-8H2,1-3H3. The van der Waals surface area contributed by atoms with Gasteiger partial charge in [-0.2, -0.15) is 13.2 Å². The van der Waals surface area contributed by atoms with Crippen LogP contribution in [0.5, 0.6) is 17.2 Å². The number of methoxy groups -OCH3 is 1. The van der Waals surface area contributed by atoms with Gasteiger partial charge in [0, 0.05) is 38.8 Å². The molecular formula is C23H19ClF4N2O7. The zero-order valence-corrected chi connectivity index (χ0v) is 20.3. The van der Waals surface area contributed by atoms with Crippen LogP contribution >= 0.6 is 11.6 Å². The first-order valence-corrected chi connectivity index (χ1v) is 10.8. The molecule has 0 atom stereocenters. The van der Waals surface area contributed by atoms with Crippen molar-refractivity contribution in [1.82, 2.24) is 9.13 Å². The summed E-state index contributed by atoms with van der Waals surface area (Å²) in [5.41, 5.74) is -4.62. The fraction of sp³-hybridized carbons (Fsp3) is 0.261. The number of hydrogen-bond acceptors (Lipinski definition) is 7.